The van der Waals surface area contributed by atoms with Crippen LogP contribution in [0.25, 0.3) is 5.57 Å². The number of hydrogen-bond donors (Lipinski definition) is 0. The Hall–Kier alpha value is -2.60. The van der Waals surface area contributed by atoms with Gasteiger partial charge in [0.1, 0.15) is 0 Å². The maximum absolute atomic E-state index is 2.37. The Balaban J connectivity index is 1.38. The molecule has 0 atom stereocenters. The monoisotopic (exact) mass is 338 g/mol. The molecule has 0 saturated carbocycles. The third kappa shape index (κ3) is 4.14. The van der Waals surface area contributed by atoms with Gasteiger partial charge in [-0.1, -0.05) is 95.6 Å². The van der Waals surface area contributed by atoms with Gasteiger partial charge in [-0.05, 0) is 61.3 Å². The minimum atomic E-state index is 1.00. The summed E-state index contributed by atoms with van der Waals surface area (Å²) in [6, 6.07) is 17.9. The number of allylic oxidation sites excluding steroid dienone is 8. The summed E-state index contributed by atoms with van der Waals surface area (Å²) in [4.78, 5) is 0. The molecule has 2 aromatic carbocycles. The molecular weight excluding hydrogens is 312 g/mol. The van der Waals surface area contributed by atoms with Crippen molar-refractivity contribution in [3.05, 3.63) is 112 Å². The average Bonchev–Trinajstić information content (AvgIpc) is 3.32. The molecule has 2 aromatic rings. The Morgan fingerprint density at radius 3 is 2.42 bits per heavy atom. The summed E-state index contributed by atoms with van der Waals surface area (Å²) in [6.45, 7) is 2.16. The first-order chi connectivity index (χ1) is 12.8. The van der Waals surface area contributed by atoms with Crippen molar-refractivity contribution in [2.45, 2.75) is 39.0 Å². The zero-order valence-electron chi connectivity index (χ0n) is 15.5. The zero-order chi connectivity index (χ0) is 17.8. The summed E-state index contributed by atoms with van der Waals surface area (Å²) in [6.07, 6.45) is 17.0. The molecule has 0 nitrogen and oxygen atoms in total. The first-order valence-corrected chi connectivity index (χ1v) is 9.64. The topological polar surface area (TPSA) is 0 Å². The quantitative estimate of drug-likeness (QED) is 0.533. The fourth-order valence-corrected chi connectivity index (χ4v) is 3.89. The van der Waals surface area contributed by atoms with Gasteiger partial charge in [0.15, 0.2) is 0 Å². The Morgan fingerprint density at radius 1 is 0.808 bits per heavy atom. The van der Waals surface area contributed by atoms with E-state index in [0.717, 1.165) is 19.3 Å². The van der Waals surface area contributed by atoms with Crippen LogP contribution in [0.5, 0.6) is 0 Å². The van der Waals surface area contributed by atoms with Crippen LogP contribution in [-0.2, 0) is 6.42 Å². The van der Waals surface area contributed by atoms with Crippen LogP contribution in [0.3, 0.4) is 0 Å². The molecule has 0 bridgehead atoms. The zero-order valence-corrected chi connectivity index (χ0v) is 15.5. The lowest BCUT2D eigenvalue weighted by Crippen LogP contribution is -1.92. The molecule has 0 N–H and O–H groups in total. The molecule has 26 heavy (non-hydrogen) atoms. The van der Waals surface area contributed by atoms with Gasteiger partial charge in [-0.15, -0.1) is 0 Å². The Bertz CT molecular complexity index is 919. The lowest BCUT2D eigenvalue weighted by atomic mass is 9.96. The lowest BCUT2D eigenvalue weighted by molar-refractivity contribution is 0.891. The van der Waals surface area contributed by atoms with Gasteiger partial charge in [0.25, 0.3) is 0 Å². The molecule has 0 unspecified atom stereocenters. The predicted molar refractivity (Wildman–Crippen MR) is 112 cm³/mol. The molecule has 0 spiro atoms. The van der Waals surface area contributed by atoms with Gasteiger partial charge in [0.2, 0.25) is 0 Å². The Labute approximate surface area is 157 Å². The second-order valence-electron chi connectivity index (χ2n) is 7.52. The van der Waals surface area contributed by atoms with E-state index in [4.69, 9.17) is 0 Å². The fourth-order valence-electron chi connectivity index (χ4n) is 3.89. The van der Waals surface area contributed by atoms with Crippen LogP contribution >= 0.6 is 0 Å². The minimum absolute atomic E-state index is 1.00. The van der Waals surface area contributed by atoms with Crippen molar-refractivity contribution in [2.24, 2.45) is 0 Å². The number of aryl methyl sites for hydroxylation is 1. The first-order valence-electron chi connectivity index (χ1n) is 9.64. The van der Waals surface area contributed by atoms with Gasteiger partial charge in [-0.25, -0.2) is 0 Å². The fraction of sp³-hybridized carbons (Fsp3) is 0.231. The molecule has 0 aromatic heterocycles. The van der Waals surface area contributed by atoms with Crippen molar-refractivity contribution in [1.82, 2.24) is 0 Å². The second kappa shape index (κ2) is 7.74. The lowest BCUT2D eigenvalue weighted by Gasteiger charge is -2.09. The van der Waals surface area contributed by atoms with Crippen LogP contribution < -0.4 is 0 Å². The molecule has 130 valence electrons. The highest BCUT2D eigenvalue weighted by atomic mass is 14.2. The highest BCUT2D eigenvalue weighted by Crippen LogP contribution is 2.32. The standard InChI is InChI=1S/C26H26/c1-20-6-4-9-23(16-20)17-24-10-5-11-25(19-24)26-15-14-22(18-26)13-12-21-7-2-3-8-21/h2-7,9-11,14-16,19H,8,12-13,17-18H2,1H3. The van der Waals surface area contributed by atoms with E-state index in [2.05, 4.69) is 85.8 Å². The number of hydrogen-bond acceptors (Lipinski definition) is 0. The normalized spacial score (nSPS) is 15.8. The summed E-state index contributed by atoms with van der Waals surface area (Å²) in [5.41, 5.74) is 10.1. The highest BCUT2D eigenvalue weighted by Gasteiger charge is 2.12. The molecule has 0 radical (unpaired) electrons. The molecule has 2 aliphatic carbocycles. The summed E-state index contributed by atoms with van der Waals surface area (Å²) < 4.78 is 0. The van der Waals surface area contributed by atoms with E-state index in [1.807, 2.05) is 0 Å². The largest absolute Gasteiger partial charge is 0.0805 e. The molecular formula is C26H26. The van der Waals surface area contributed by atoms with Crippen LogP contribution in [0.15, 0.2) is 90.1 Å². The van der Waals surface area contributed by atoms with Crippen molar-refractivity contribution in [3.63, 3.8) is 0 Å². The van der Waals surface area contributed by atoms with Crippen molar-refractivity contribution < 1.29 is 0 Å². The van der Waals surface area contributed by atoms with E-state index in [1.165, 1.54) is 40.7 Å². The Kier molecular flexibility index (Phi) is 5.02. The van der Waals surface area contributed by atoms with Crippen LogP contribution in [0.4, 0.5) is 0 Å². The van der Waals surface area contributed by atoms with Crippen molar-refractivity contribution in [1.29, 1.82) is 0 Å². The van der Waals surface area contributed by atoms with E-state index in [1.54, 1.807) is 11.1 Å². The van der Waals surface area contributed by atoms with Crippen LogP contribution in [0.1, 0.15) is 47.9 Å². The first kappa shape index (κ1) is 16.8. The van der Waals surface area contributed by atoms with Gasteiger partial charge in [0, 0.05) is 0 Å². The average molecular weight is 338 g/mol. The third-order valence-corrected chi connectivity index (χ3v) is 5.34. The highest BCUT2D eigenvalue weighted by molar-refractivity contribution is 5.72. The predicted octanol–water partition coefficient (Wildman–Crippen LogP) is 6.97. The summed E-state index contributed by atoms with van der Waals surface area (Å²) in [5.74, 6) is 0. The SMILES string of the molecule is Cc1cccc(Cc2cccc(C3=CC=C(CCC4=CC=CC4)C3)c2)c1. The van der Waals surface area contributed by atoms with Gasteiger partial charge in [-0.2, -0.15) is 0 Å². The maximum atomic E-state index is 2.37. The van der Waals surface area contributed by atoms with E-state index < -0.39 is 0 Å². The van der Waals surface area contributed by atoms with Crippen molar-refractivity contribution in [3.8, 4) is 0 Å². The van der Waals surface area contributed by atoms with Gasteiger partial charge < -0.3 is 0 Å². The van der Waals surface area contributed by atoms with Gasteiger partial charge in [-0.3, -0.25) is 0 Å². The van der Waals surface area contributed by atoms with Crippen LogP contribution in [0, 0.1) is 6.92 Å². The van der Waals surface area contributed by atoms with Gasteiger partial charge >= 0.3 is 0 Å². The molecule has 4 rings (SSSR count). The summed E-state index contributed by atoms with van der Waals surface area (Å²) >= 11 is 0. The smallest absolute Gasteiger partial charge is 0.00255 e. The van der Waals surface area contributed by atoms with E-state index >= 15 is 0 Å². The van der Waals surface area contributed by atoms with Crippen molar-refractivity contribution >= 4 is 5.57 Å². The molecule has 0 heterocycles. The number of rotatable bonds is 6. The third-order valence-electron chi connectivity index (χ3n) is 5.34. The maximum Gasteiger partial charge on any atom is -0.00255 e. The molecule has 0 aliphatic heterocycles. The Morgan fingerprint density at radius 2 is 1.62 bits per heavy atom. The molecule has 2 aliphatic rings. The van der Waals surface area contributed by atoms with E-state index in [9.17, 15) is 0 Å². The molecule has 0 fully saturated rings. The molecule has 0 amide bonds. The van der Waals surface area contributed by atoms with Crippen LogP contribution in [0.2, 0.25) is 0 Å². The van der Waals surface area contributed by atoms with E-state index in [-0.39, 0.29) is 0 Å². The number of benzene rings is 2. The molecule has 0 heteroatoms. The summed E-state index contributed by atoms with van der Waals surface area (Å²) in [7, 11) is 0. The van der Waals surface area contributed by atoms with Crippen LogP contribution in [-0.4, -0.2) is 0 Å². The van der Waals surface area contributed by atoms with E-state index in [0.29, 0.717) is 0 Å². The van der Waals surface area contributed by atoms with Gasteiger partial charge in [0.05, 0.1) is 0 Å². The summed E-state index contributed by atoms with van der Waals surface area (Å²) in [5, 5.41) is 0. The minimum Gasteiger partial charge on any atom is -0.0805 e. The van der Waals surface area contributed by atoms with Crippen molar-refractivity contribution in [2.75, 3.05) is 0 Å². The second-order valence-corrected chi connectivity index (χ2v) is 7.52. The molecule has 0 saturated heterocycles.